The number of nitrogens with one attached hydrogen (secondary N) is 1. The fourth-order valence-corrected chi connectivity index (χ4v) is 3.10. The molecule has 0 aliphatic heterocycles. The molecule has 1 heterocycles. The molecule has 3 rings (SSSR count). The van der Waals surface area contributed by atoms with Gasteiger partial charge in [0.1, 0.15) is 5.03 Å². The van der Waals surface area contributed by atoms with Crippen molar-refractivity contribution in [2.75, 3.05) is 11.1 Å². The maximum absolute atomic E-state index is 12.0. The molecular weight excluding hydrogens is 389 g/mol. The van der Waals surface area contributed by atoms with Crippen LogP contribution < -0.4 is 5.32 Å². The third kappa shape index (κ3) is 4.97. The number of anilines is 1. The molecule has 2 aromatic carbocycles. The van der Waals surface area contributed by atoms with Gasteiger partial charge in [0.15, 0.2) is 0 Å². The highest BCUT2D eigenvalue weighted by molar-refractivity contribution is 7.99. The zero-order valence-electron chi connectivity index (χ0n) is 13.9. The summed E-state index contributed by atoms with van der Waals surface area (Å²) in [4.78, 5) is 12.0. The van der Waals surface area contributed by atoms with Gasteiger partial charge in [-0.05, 0) is 37.3 Å². The van der Waals surface area contributed by atoms with Gasteiger partial charge >= 0.3 is 0 Å². The number of benzene rings is 2. The van der Waals surface area contributed by atoms with E-state index in [-0.39, 0.29) is 11.7 Å². The van der Waals surface area contributed by atoms with E-state index in [1.54, 1.807) is 18.2 Å². The predicted octanol–water partition coefficient (Wildman–Crippen LogP) is 5.49. The summed E-state index contributed by atoms with van der Waals surface area (Å²) in [5.41, 5.74) is 3.61. The number of hydrogen-bond donors (Lipinski definition) is 1. The highest BCUT2D eigenvalue weighted by Gasteiger charge is 2.07. The molecule has 0 unspecified atom stereocenters. The summed E-state index contributed by atoms with van der Waals surface area (Å²) in [6.07, 6.45) is 0. The zero-order chi connectivity index (χ0) is 18.5. The molecule has 0 radical (unpaired) electrons. The topological polar surface area (TPSA) is 54.9 Å². The Morgan fingerprint density at radius 1 is 1.00 bits per heavy atom. The van der Waals surface area contributed by atoms with Gasteiger partial charge in [-0.25, -0.2) is 0 Å². The number of hydrogen-bond acceptors (Lipinski definition) is 4. The molecule has 0 saturated heterocycles. The van der Waals surface area contributed by atoms with Gasteiger partial charge in [-0.1, -0.05) is 64.8 Å². The first-order valence-corrected chi connectivity index (χ1v) is 9.54. The number of aromatic nitrogens is 2. The average Bonchev–Trinajstić information content (AvgIpc) is 2.64. The number of carbonyl (C=O) groups excluding carboxylic acids is 1. The van der Waals surface area contributed by atoms with Crippen LogP contribution in [-0.4, -0.2) is 21.9 Å². The fourth-order valence-electron chi connectivity index (χ4n) is 2.19. The largest absolute Gasteiger partial charge is 0.325 e. The molecule has 0 spiro atoms. The highest BCUT2D eigenvalue weighted by Crippen LogP contribution is 2.25. The summed E-state index contributed by atoms with van der Waals surface area (Å²) in [6.45, 7) is 2.04. The van der Waals surface area contributed by atoms with Crippen LogP contribution in [-0.2, 0) is 4.79 Å². The molecule has 1 N–H and O–H groups in total. The van der Waals surface area contributed by atoms with Crippen LogP contribution in [0.1, 0.15) is 5.56 Å². The van der Waals surface area contributed by atoms with E-state index < -0.39 is 0 Å². The quantitative estimate of drug-likeness (QED) is 0.572. The van der Waals surface area contributed by atoms with E-state index in [1.807, 2.05) is 43.3 Å². The van der Waals surface area contributed by atoms with Crippen molar-refractivity contribution in [3.8, 4) is 11.3 Å². The Hall–Kier alpha value is -2.08. The van der Waals surface area contributed by atoms with Crippen LogP contribution in [0.15, 0.2) is 59.6 Å². The van der Waals surface area contributed by atoms with Crippen molar-refractivity contribution in [2.24, 2.45) is 0 Å². The number of carbonyl (C=O) groups is 1. The molecule has 3 aromatic rings. The third-order valence-corrected chi connectivity index (χ3v) is 5.20. The molecule has 7 heteroatoms. The molecule has 1 amide bonds. The van der Waals surface area contributed by atoms with Gasteiger partial charge in [0.25, 0.3) is 0 Å². The molecule has 0 fully saturated rings. The van der Waals surface area contributed by atoms with Crippen molar-refractivity contribution in [1.29, 1.82) is 0 Å². The van der Waals surface area contributed by atoms with Crippen molar-refractivity contribution in [2.45, 2.75) is 11.9 Å². The molecule has 0 aliphatic rings. The van der Waals surface area contributed by atoms with Gasteiger partial charge in [-0.15, -0.1) is 10.2 Å². The van der Waals surface area contributed by atoms with Gasteiger partial charge in [-0.2, -0.15) is 0 Å². The van der Waals surface area contributed by atoms with Crippen LogP contribution in [0.2, 0.25) is 10.0 Å². The van der Waals surface area contributed by atoms with Crippen LogP contribution in [0.5, 0.6) is 0 Å². The first-order chi connectivity index (χ1) is 12.5. The van der Waals surface area contributed by atoms with E-state index in [0.29, 0.717) is 20.8 Å². The van der Waals surface area contributed by atoms with Crippen LogP contribution in [0.25, 0.3) is 11.3 Å². The van der Waals surface area contributed by atoms with Crippen molar-refractivity contribution in [3.05, 3.63) is 70.2 Å². The lowest BCUT2D eigenvalue weighted by atomic mass is 10.1. The molecule has 0 aliphatic carbocycles. The first-order valence-electron chi connectivity index (χ1n) is 7.80. The summed E-state index contributed by atoms with van der Waals surface area (Å²) in [7, 11) is 0. The van der Waals surface area contributed by atoms with Gasteiger partial charge in [-0.3, -0.25) is 4.79 Å². The smallest absolute Gasteiger partial charge is 0.234 e. The average molecular weight is 404 g/mol. The van der Waals surface area contributed by atoms with Crippen molar-refractivity contribution in [3.63, 3.8) is 0 Å². The normalized spacial score (nSPS) is 10.6. The van der Waals surface area contributed by atoms with Gasteiger partial charge in [0.05, 0.1) is 21.5 Å². The summed E-state index contributed by atoms with van der Waals surface area (Å²) in [6, 6.07) is 16.8. The number of rotatable bonds is 5. The zero-order valence-corrected chi connectivity index (χ0v) is 16.2. The minimum absolute atomic E-state index is 0.155. The number of nitrogens with zero attached hydrogens (tertiary/aromatic N) is 2. The molecule has 0 atom stereocenters. The number of amides is 1. The Balaban J connectivity index is 1.56. The Kier molecular flexibility index (Phi) is 6.14. The van der Waals surface area contributed by atoms with E-state index >= 15 is 0 Å². The van der Waals surface area contributed by atoms with E-state index in [2.05, 4.69) is 15.5 Å². The summed E-state index contributed by atoms with van der Waals surface area (Å²) in [5, 5.41) is 12.7. The lowest BCUT2D eigenvalue weighted by molar-refractivity contribution is -0.113. The maximum atomic E-state index is 12.0. The second kappa shape index (κ2) is 8.54. The third-order valence-electron chi connectivity index (χ3n) is 3.54. The fraction of sp³-hybridized carbons (Fsp3) is 0.105. The highest BCUT2D eigenvalue weighted by atomic mass is 35.5. The molecular formula is C19H15Cl2N3OS. The van der Waals surface area contributed by atoms with Crippen LogP contribution in [0.4, 0.5) is 5.69 Å². The van der Waals surface area contributed by atoms with Crippen LogP contribution >= 0.6 is 35.0 Å². The van der Waals surface area contributed by atoms with Crippen molar-refractivity contribution >= 4 is 46.6 Å². The monoisotopic (exact) mass is 403 g/mol. The molecule has 26 heavy (non-hydrogen) atoms. The predicted molar refractivity (Wildman–Crippen MR) is 108 cm³/mol. The first kappa shape index (κ1) is 18.7. The summed E-state index contributed by atoms with van der Waals surface area (Å²) in [5.74, 6) is 0.0662. The molecule has 132 valence electrons. The number of halogens is 2. The molecule has 0 bridgehead atoms. The Morgan fingerprint density at radius 3 is 2.42 bits per heavy atom. The molecule has 1 aromatic heterocycles. The Bertz CT molecular complexity index is 915. The molecule has 0 saturated carbocycles. The molecule has 4 nitrogen and oxygen atoms in total. The summed E-state index contributed by atoms with van der Waals surface area (Å²) < 4.78 is 0. The minimum atomic E-state index is -0.155. The van der Waals surface area contributed by atoms with Gasteiger partial charge in [0.2, 0.25) is 5.91 Å². The van der Waals surface area contributed by atoms with E-state index in [4.69, 9.17) is 23.2 Å². The standard InChI is InChI=1S/C19H15Cl2N3OS/c1-12-2-4-13(5-3-12)17-8-9-19(24-23-17)26-11-18(25)22-14-6-7-15(20)16(21)10-14/h2-10H,11H2,1H3,(H,22,25). The number of aryl methyl sites for hydroxylation is 1. The van der Waals surface area contributed by atoms with Crippen LogP contribution in [0.3, 0.4) is 0 Å². The van der Waals surface area contributed by atoms with Crippen molar-refractivity contribution < 1.29 is 4.79 Å². The lowest BCUT2D eigenvalue weighted by Gasteiger charge is -2.06. The second-order valence-corrected chi connectivity index (χ2v) is 7.40. The Morgan fingerprint density at radius 2 is 1.77 bits per heavy atom. The van der Waals surface area contributed by atoms with Gasteiger partial charge in [0, 0.05) is 11.3 Å². The SMILES string of the molecule is Cc1ccc(-c2ccc(SCC(=O)Nc3ccc(Cl)c(Cl)c3)nn2)cc1. The maximum Gasteiger partial charge on any atom is 0.234 e. The van der Waals surface area contributed by atoms with Crippen LogP contribution in [0, 0.1) is 6.92 Å². The van der Waals surface area contributed by atoms with E-state index in [1.165, 1.54) is 17.3 Å². The lowest BCUT2D eigenvalue weighted by Crippen LogP contribution is -2.14. The van der Waals surface area contributed by atoms with Gasteiger partial charge < -0.3 is 5.32 Å². The van der Waals surface area contributed by atoms with E-state index in [0.717, 1.165) is 11.3 Å². The minimum Gasteiger partial charge on any atom is -0.325 e. The second-order valence-electron chi connectivity index (χ2n) is 5.59. The van der Waals surface area contributed by atoms with Crippen molar-refractivity contribution in [1.82, 2.24) is 10.2 Å². The Labute approximate surface area is 165 Å². The summed E-state index contributed by atoms with van der Waals surface area (Å²) >= 11 is 13.1. The number of thioether (sulfide) groups is 1. The van der Waals surface area contributed by atoms with E-state index in [9.17, 15) is 4.79 Å².